The van der Waals surface area contributed by atoms with Crippen molar-refractivity contribution in [2.45, 2.75) is 18.8 Å². The summed E-state index contributed by atoms with van der Waals surface area (Å²) in [4.78, 5) is 26.8. The Hall–Kier alpha value is -2.62. The van der Waals surface area contributed by atoms with E-state index in [1.165, 1.54) is 5.56 Å². The van der Waals surface area contributed by atoms with Crippen molar-refractivity contribution in [2.75, 3.05) is 16.8 Å². The number of carbonyl (C=O) groups is 2. The standard InChI is InChI=1S/C18H16N2O2/c21-17-11-14(13-6-2-3-7-15(13)19-17)18(22)20-10-9-12-5-1-4-8-16(12)20/h1-8,14H,9-11H2,(H,19,21). The molecule has 22 heavy (non-hydrogen) atoms. The topological polar surface area (TPSA) is 49.4 Å². The van der Waals surface area contributed by atoms with Crippen LogP contribution in [0, 0.1) is 0 Å². The van der Waals surface area contributed by atoms with Gasteiger partial charge in [-0.15, -0.1) is 0 Å². The second kappa shape index (κ2) is 4.98. The number of hydrogen-bond donors (Lipinski definition) is 1. The van der Waals surface area contributed by atoms with Gasteiger partial charge in [-0.2, -0.15) is 0 Å². The van der Waals surface area contributed by atoms with E-state index < -0.39 is 5.92 Å². The molecule has 1 unspecified atom stereocenters. The van der Waals surface area contributed by atoms with Crippen molar-refractivity contribution in [2.24, 2.45) is 0 Å². The maximum Gasteiger partial charge on any atom is 0.235 e. The molecule has 0 saturated heterocycles. The van der Waals surface area contributed by atoms with Gasteiger partial charge in [-0.25, -0.2) is 0 Å². The Morgan fingerprint density at radius 2 is 1.86 bits per heavy atom. The van der Waals surface area contributed by atoms with Crippen molar-refractivity contribution in [3.8, 4) is 0 Å². The molecular weight excluding hydrogens is 276 g/mol. The Kier molecular flexibility index (Phi) is 2.96. The third kappa shape index (κ3) is 1.99. The summed E-state index contributed by atoms with van der Waals surface area (Å²) in [5.41, 5.74) is 3.85. The van der Waals surface area contributed by atoms with E-state index in [4.69, 9.17) is 0 Å². The summed E-state index contributed by atoms with van der Waals surface area (Å²) in [6.45, 7) is 0.693. The highest BCUT2D eigenvalue weighted by Gasteiger charge is 2.35. The molecule has 0 aromatic heterocycles. The smallest absolute Gasteiger partial charge is 0.235 e. The monoisotopic (exact) mass is 292 g/mol. The molecule has 2 aliphatic heterocycles. The van der Waals surface area contributed by atoms with E-state index in [9.17, 15) is 9.59 Å². The van der Waals surface area contributed by atoms with Crippen LogP contribution >= 0.6 is 0 Å². The van der Waals surface area contributed by atoms with Crippen molar-refractivity contribution in [1.29, 1.82) is 0 Å². The minimum absolute atomic E-state index is 0.0206. The predicted molar refractivity (Wildman–Crippen MR) is 84.9 cm³/mol. The Morgan fingerprint density at radius 3 is 2.77 bits per heavy atom. The molecule has 0 radical (unpaired) electrons. The lowest BCUT2D eigenvalue weighted by Crippen LogP contribution is -2.37. The molecule has 110 valence electrons. The fourth-order valence-electron chi connectivity index (χ4n) is 3.39. The zero-order chi connectivity index (χ0) is 15.1. The molecule has 2 aromatic rings. The Labute approximate surface area is 128 Å². The van der Waals surface area contributed by atoms with Crippen LogP contribution in [0.1, 0.15) is 23.5 Å². The molecule has 0 aliphatic carbocycles. The lowest BCUT2D eigenvalue weighted by molar-refractivity contribution is -0.124. The first-order valence-electron chi connectivity index (χ1n) is 7.52. The molecule has 0 fully saturated rings. The number of carbonyl (C=O) groups excluding carboxylic acids is 2. The number of para-hydroxylation sites is 2. The van der Waals surface area contributed by atoms with Crippen LogP contribution in [0.3, 0.4) is 0 Å². The van der Waals surface area contributed by atoms with Crippen LogP contribution < -0.4 is 10.2 Å². The van der Waals surface area contributed by atoms with Crippen molar-refractivity contribution in [3.05, 3.63) is 59.7 Å². The van der Waals surface area contributed by atoms with E-state index in [2.05, 4.69) is 11.4 Å². The van der Waals surface area contributed by atoms with Gasteiger partial charge in [0.25, 0.3) is 0 Å². The SMILES string of the molecule is O=C1CC(C(=O)N2CCc3ccccc32)c2ccccc2N1. The number of fused-ring (bicyclic) bond motifs is 2. The Morgan fingerprint density at radius 1 is 1.09 bits per heavy atom. The van der Waals surface area contributed by atoms with Gasteiger partial charge in [0.05, 0.1) is 5.92 Å². The van der Waals surface area contributed by atoms with E-state index in [1.54, 1.807) is 0 Å². The maximum atomic E-state index is 13.0. The Bertz CT molecular complexity index is 769. The Balaban J connectivity index is 1.71. The highest BCUT2D eigenvalue weighted by atomic mass is 16.2. The molecule has 2 amide bonds. The van der Waals surface area contributed by atoms with Crippen LogP contribution in [0.2, 0.25) is 0 Å². The number of rotatable bonds is 1. The first-order chi connectivity index (χ1) is 10.7. The van der Waals surface area contributed by atoms with Crippen molar-refractivity contribution < 1.29 is 9.59 Å². The molecule has 4 nitrogen and oxygen atoms in total. The number of hydrogen-bond acceptors (Lipinski definition) is 2. The molecule has 0 bridgehead atoms. The van der Waals surface area contributed by atoms with Gasteiger partial charge < -0.3 is 10.2 Å². The van der Waals surface area contributed by atoms with Gasteiger partial charge in [0.2, 0.25) is 11.8 Å². The average Bonchev–Trinajstić information content (AvgIpc) is 2.97. The highest BCUT2D eigenvalue weighted by Crippen LogP contribution is 2.36. The lowest BCUT2D eigenvalue weighted by Gasteiger charge is -2.28. The molecule has 2 aliphatic rings. The van der Waals surface area contributed by atoms with Crippen molar-refractivity contribution in [1.82, 2.24) is 0 Å². The fourth-order valence-corrected chi connectivity index (χ4v) is 3.39. The molecule has 4 heteroatoms. The molecular formula is C18H16N2O2. The van der Waals surface area contributed by atoms with E-state index in [0.29, 0.717) is 6.54 Å². The molecule has 0 spiro atoms. The molecule has 2 heterocycles. The van der Waals surface area contributed by atoms with Gasteiger partial charge in [-0.1, -0.05) is 36.4 Å². The summed E-state index contributed by atoms with van der Waals surface area (Å²) in [7, 11) is 0. The summed E-state index contributed by atoms with van der Waals surface area (Å²) >= 11 is 0. The minimum atomic E-state index is -0.392. The molecule has 1 atom stereocenters. The third-order valence-corrected chi connectivity index (χ3v) is 4.45. The van der Waals surface area contributed by atoms with Crippen molar-refractivity contribution >= 4 is 23.2 Å². The van der Waals surface area contributed by atoms with Crippen LogP contribution in [0.5, 0.6) is 0 Å². The number of amides is 2. The van der Waals surface area contributed by atoms with Crippen molar-refractivity contribution in [3.63, 3.8) is 0 Å². The molecule has 4 rings (SSSR count). The normalized spacial score (nSPS) is 19.4. The first-order valence-corrected chi connectivity index (χ1v) is 7.52. The summed E-state index contributed by atoms with van der Waals surface area (Å²) < 4.78 is 0. The maximum absolute atomic E-state index is 13.0. The van der Waals surface area contributed by atoms with Gasteiger partial charge in [0, 0.05) is 24.3 Å². The summed E-state index contributed by atoms with van der Waals surface area (Å²) in [6.07, 6.45) is 1.09. The highest BCUT2D eigenvalue weighted by molar-refractivity contribution is 6.06. The van der Waals surface area contributed by atoms with Gasteiger partial charge in [0.15, 0.2) is 0 Å². The van der Waals surface area contributed by atoms with Crippen LogP contribution in [-0.4, -0.2) is 18.4 Å². The largest absolute Gasteiger partial charge is 0.326 e. The molecule has 0 saturated carbocycles. The summed E-state index contributed by atoms with van der Waals surface area (Å²) in [5, 5.41) is 2.84. The zero-order valence-electron chi connectivity index (χ0n) is 12.1. The molecule has 2 aromatic carbocycles. The first kappa shape index (κ1) is 13.1. The fraction of sp³-hybridized carbons (Fsp3) is 0.222. The van der Waals surface area contributed by atoms with Crippen LogP contribution in [0.15, 0.2) is 48.5 Å². The quantitative estimate of drug-likeness (QED) is 0.878. The van der Waals surface area contributed by atoms with Crippen LogP contribution in [0.25, 0.3) is 0 Å². The average molecular weight is 292 g/mol. The van der Waals surface area contributed by atoms with E-state index >= 15 is 0 Å². The number of nitrogens with zero attached hydrogens (tertiary/aromatic N) is 1. The van der Waals surface area contributed by atoms with Gasteiger partial charge in [0.1, 0.15) is 0 Å². The van der Waals surface area contributed by atoms with Crippen LogP contribution in [-0.2, 0) is 16.0 Å². The van der Waals surface area contributed by atoms with Crippen LogP contribution in [0.4, 0.5) is 11.4 Å². The predicted octanol–water partition coefficient (Wildman–Crippen LogP) is 2.70. The minimum Gasteiger partial charge on any atom is -0.326 e. The number of anilines is 2. The second-order valence-corrected chi connectivity index (χ2v) is 5.76. The second-order valence-electron chi connectivity index (χ2n) is 5.76. The van der Waals surface area contributed by atoms with Gasteiger partial charge in [-0.3, -0.25) is 9.59 Å². The van der Waals surface area contributed by atoms with E-state index in [0.717, 1.165) is 23.4 Å². The summed E-state index contributed by atoms with van der Waals surface area (Å²) in [5.74, 6) is -0.465. The zero-order valence-corrected chi connectivity index (χ0v) is 12.1. The van der Waals surface area contributed by atoms with Gasteiger partial charge in [-0.05, 0) is 29.7 Å². The third-order valence-electron chi connectivity index (χ3n) is 4.45. The van der Waals surface area contributed by atoms with E-state index in [1.807, 2.05) is 47.4 Å². The number of benzene rings is 2. The lowest BCUT2D eigenvalue weighted by atomic mass is 9.89. The number of nitrogens with one attached hydrogen (secondary N) is 1. The van der Waals surface area contributed by atoms with E-state index in [-0.39, 0.29) is 18.2 Å². The van der Waals surface area contributed by atoms with Gasteiger partial charge >= 0.3 is 0 Å². The molecule has 1 N–H and O–H groups in total. The summed E-state index contributed by atoms with van der Waals surface area (Å²) in [6, 6.07) is 15.6.